The third-order valence-electron chi connectivity index (χ3n) is 3.45. The summed E-state index contributed by atoms with van der Waals surface area (Å²) >= 11 is 3.50. The number of hydrogen-bond donors (Lipinski definition) is 1. The Morgan fingerprint density at radius 1 is 1.15 bits per heavy atom. The molecule has 114 valence electrons. The molecule has 2 unspecified atom stereocenters. The van der Waals surface area contributed by atoms with Crippen LogP contribution in [0, 0.1) is 0 Å². The van der Waals surface area contributed by atoms with Gasteiger partial charge in [0.2, 0.25) is 0 Å². The van der Waals surface area contributed by atoms with E-state index >= 15 is 0 Å². The lowest BCUT2D eigenvalue weighted by Gasteiger charge is -2.22. The van der Waals surface area contributed by atoms with Crippen molar-refractivity contribution in [3.63, 3.8) is 0 Å². The zero-order chi connectivity index (χ0) is 14.8. The van der Waals surface area contributed by atoms with Gasteiger partial charge in [-0.3, -0.25) is 0 Å². The van der Waals surface area contributed by atoms with E-state index in [1.807, 2.05) is 19.1 Å². The summed E-state index contributed by atoms with van der Waals surface area (Å²) in [6.07, 6.45) is 7.68. The van der Waals surface area contributed by atoms with Gasteiger partial charge in [0.1, 0.15) is 0 Å². The molecule has 0 aliphatic rings. The largest absolute Gasteiger partial charge is 0.372 e. The van der Waals surface area contributed by atoms with Gasteiger partial charge in [-0.2, -0.15) is 0 Å². The summed E-state index contributed by atoms with van der Waals surface area (Å²) in [4.78, 5) is 0. The molecule has 0 aliphatic carbocycles. The zero-order valence-corrected chi connectivity index (χ0v) is 14.4. The molecule has 0 fully saturated rings. The molecule has 0 amide bonds. The lowest BCUT2D eigenvalue weighted by molar-refractivity contribution is 0.0358. The molecule has 1 rings (SSSR count). The number of halogens is 1. The maximum Gasteiger partial charge on any atom is 0.0973 e. The van der Waals surface area contributed by atoms with Crippen LogP contribution in [0.15, 0.2) is 28.7 Å². The summed E-state index contributed by atoms with van der Waals surface area (Å²) in [6, 6.07) is 8.23. The van der Waals surface area contributed by atoms with Gasteiger partial charge < -0.3 is 10.5 Å². The number of rotatable bonds is 10. The lowest BCUT2D eigenvalue weighted by atomic mass is 10.0. The average molecular weight is 342 g/mol. The minimum absolute atomic E-state index is 0.00407. The zero-order valence-electron chi connectivity index (χ0n) is 12.8. The highest BCUT2D eigenvalue weighted by Crippen LogP contribution is 2.24. The van der Waals surface area contributed by atoms with E-state index in [0.29, 0.717) is 0 Å². The minimum atomic E-state index is -0.0110. The Bertz CT molecular complexity index is 368. The van der Waals surface area contributed by atoms with Crippen molar-refractivity contribution >= 4 is 15.9 Å². The van der Waals surface area contributed by atoms with Crippen LogP contribution in [-0.4, -0.2) is 12.6 Å². The topological polar surface area (TPSA) is 35.2 Å². The molecule has 20 heavy (non-hydrogen) atoms. The van der Waals surface area contributed by atoms with Gasteiger partial charge in [-0.1, -0.05) is 67.1 Å². The molecule has 2 N–H and O–H groups in total. The normalized spacial score (nSPS) is 14.2. The molecule has 0 saturated heterocycles. The van der Waals surface area contributed by atoms with Gasteiger partial charge >= 0.3 is 0 Å². The molecular weight excluding hydrogens is 314 g/mol. The van der Waals surface area contributed by atoms with Crippen molar-refractivity contribution in [1.82, 2.24) is 0 Å². The van der Waals surface area contributed by atoms with Crippen molar-refractivity contribution in [3.05, 3.63) is 34.3 Å². The SMILES string of the molecule is CCCCCCCCOC(c1cccc(Br)c1)C(C)N. The van der Waals surface area contributed by atoms with E-state index in [9.17, 15) is 0 Å². The predicted octanol–water partition coefficient (Wildman–Crippen LogP) is 5.21. The van der Waals surface area contributed by atoms with Crippen molar-refractivity contribution in [1.29, 1.82) is 0 Å². The van der Waals surface area contributed by atoms with Crippen molar-refractivity contribution in [3.8, 4) is 0 Å². The third kappa shape index (κ3) is 6.87. The van der Waals surface area contributed by atoms with Crippen LogP contribution in [0.25, 0.3) is 0 Å². The molecule has 1 aromatic carbocycles. The first-order chi connectivity index (χ1) is 9.65. The minimum Gasteiger partial charge on any atom is -0.372 e. The highest BCUT2D eigenvalue weighted by atomic mass is 79.9. The van der Waals surface area contributed by atoms with Gasteiger partial charge in [-0.05, 0) is 31.0 Å². The second-order valence-electron chi connectivity index (χ2n) is 5.47. The maximum atomic E-state index is 6.06. The van der Waals surface area contributed by atoms with Crippen LogP contribution in [0.3, 0.4) is 0 Å². The lowest BCUT2D eigenvalue weighted by Crippen LogP contribution is -2.27. The van der Waals surface area contributed by atoms with Crippen LogP contribution in [0.1, 0.15) is 64.0 Å². The molecule has 0 spiro atoms. The van der Waals surface area contributed by atoms with E-state index in [1.165, 1.54) is 32.1 Å². The second-order valence-corrected chi connectivity index (χ2v) is 6.39. The Morgan fingerprint density at radius 3 is 2.50 bits per heavy atom. The Labute approximate surface area is 132 Å². The van der Waals surface area contributed by atoms with Gasteiger partial charge in [0.25, 0.3) is 0 Å². The van der Waals surface area contributed by atoms with Gasteiger partial charge in [-0.15, -0.1) is 0 Å². The molecule has 0 saturated carbocycles. The summed E-state index contributed by atoms with van der Waals surface area (Å²) < 4.78 is 7.08. The molecular formula is C17H28BrNO. The van der Waals surface area contributed by atoms with Crippen molar-refractivity contribution in [2.24, 2.45) is 5.73 Å². The first-order valence-electron chi connectivity index (χ1n) is 7.77. The summed E-state index contributed by atoms with van der Waals surface area (Å²) in [5, 5.41) is 0. The van der Waals surface area contributed by atoms with Crippen LogP contribution in [0.2, 0.25) is 0 Å². The molecule has 3 heteroatoms. The van der Waals surface area contributed by atoms with Gasteiger partial charge in [0.05, 0.1) is 6.10 Å². The Hall–Kier alpha value is -0.380. The Kier molecular flexibility index (Phi) is 9.16. The Morgan fingerprint density at radius 2 is 1.85 bits per heavy atom. The summed E-state index contributed by atoms with van der Waals surface area (Å²) in [7, 11) is 0. The van der Waals surface area contributed by atoms with Gasteiger partial charge in [0, 0.05) is 17.1 Å². The molecule has 0 radical (unpaired) electrons. The molecule has 1 aromatic rings. The monoisotopic (exact) mass is 341 g/mol. The number of hydrogen-bond acceptors (Lipinski definition) is 2. The fraction of sp³-hybridized carbons (Fsp3) is 0.647. The van der Waals surface area contributed by atoms with Crippen LogP contribution in [0.5, 0.6) is 0 Å². The highest BCUT2D eigenvalue weighted by molar-refractivity contribution is 9.10. The van der Waals surface area contributed by atoms with E-state index in [0.717, 1.165) is 23.1 Å². The number of unbranched alkanes of at least 4 members (excludes halogenated alkanes) is 5. The molecule has 0 bridgehead atoms. The fourth-order valence-corrected chi connectivity index (χ4v) is 2.74. The first kappa shape index (κ1) is 17.7. The summed E-state index contributed by atoms with van der Waals surface area (Å²) in [5.74, 6) is 0. The summed E-state index contributed by atoms with van der Waals surface area (Å²) in [6.45, 7) is 5.05. The van der Waals surface area contributed by atoms with Crippen molar-refractivity contribution in [2.75, 3.05) is 6.61 Å². The van der Waals surface area contributed by atoms with E-state index in [-0.39, 0.29) is 12.1 Å². The van der Waals surface area contributed by atoms with Crippen LogP contribution in [-0.2, 0) is 4.74 Å². The number of benzene rings is 1. The highest BCUT2D eigenvalue weighted by Gasteiger charge is 2.16. The molecule has 2 atom stereocenters. The number of nitrogens with two attached hydrogens (primary N) is 1. The van der Waals surface area contributed by atoms with Crippen molar-refractivity contribution in [2.45, 2.75) is 64.5 Å². The number of ether oxygens (including phenoxy) is 1. The fourth-order valence-electron chi connectivity index (χ4n) is 2.33. The van der Waals surface area contributed by atoms with E-state index in [2.05, 4.69) is 35.0 Å². The van der Waals surface area contributed by atoms with Gasteiger partial charge in [-0.25, -0.2) is 0 Å². The van der Waals surface area contributed by atoms with E-state index < -0.39 is 0 Å². The van der Waals surface area contributed by atoms with Gasteiger partial charge in [0.15, 0.2) is 0 Å². The molecule has 0 aliphatic heterocycles. The van der Waals surface area contributed by atoms with E-state index in [4.69, 9.17) is 10.5 Å². The van der Waals surface area contributed by atoms with E-state index in [1.54, 1.807) is 0 Å². The van der Waals surface area contributed by atoms with Crippen molar-refractivity contribution < 1.29 is 4.74 Å². The average Bonchev–Trinajstić information content (AvgIpc) is 2.41. The first-order valence-corrected chi connectivity index (χ1v) is 8.57. The predicted molar refractivity (Wildman–Crippen MR) is 89.9 cm³/mol. The molecule has 2 nitrogen and oxygen atoms in total. The molecule has 0 heterocycles. The second kappa shape index (κ2) is 10.4. The molecule has 0 aromatic heterocycles. The van der Waals surface area contributed by atoms with Crippen LogP contribution >= 0.6 is 15.9 Å². The van der Waals surface area contributed by atoms with Crippen LogP contribution in [0.4, 0.5) is 0 Å². The summed E-state index contributed by atoms with van der Waals surface area (Å²) in [5.41, 5.74) is 7.21. The third-order valence-corrected chi connectivity index (χ3v) is 3.94. The smallest absolute Gasteiger partial charge is 0.0973 e. The maximum absolute atomic E-state index is 6.06. The standard InChI is InChI=1S/C17H28BrNO/c1-3-4-5-6-7-8-12-20-17(14(2)19)15-10-9-11-16(18)13-15/h9-11,13-14,17H,3-8,12,19H2,1-2H3. The van der Waals surface area contributed by atoms with Crippen LogP contribution < -0.4 is 5.73 Å². The quantitative estimate of drug-likeness (QED) is 0.592. The Balaban J connectivity index is 2.33.